The average molecular weight is 369 g/mol. The summed E-state index contributed by atoms with van der Waals surface area (Å²) < 4.78 is 11.7. The Kier molecular flexibility index (Phi) is 4.91. The Balaban J connectivity index is 1.45. The lowest BCUT2D eigenvalue weighted by atomic mass is 9.96. The molecule has 0 bridgehead atoms. The molecule has 3 heterocycles. The Morgan fingerprint density at radius 1 is 1.26 bits per heavy atom. The summed E-state index contributed by atoms with van der Waals surface area (Å²) >= 11 is 0. The number of nitrogens with two attached hydrogens (primary N) is 1. The highest BCUT2D eigenvalue weighted by Crippen LogP contribution is 2.32. The van der Waals surface area contributed by atoms with Crippen molar-refractivity contribution >= 4 is 12.0 Å². The van der Waals surface area contributed by atoms with Gasteiger partial charge in [0.25, 0.3) is 5.89 Å². The van der Waals surface area contributed by atoms with Crippen LogP contribution in [-0.2, 0) is 0 Å². The molecule has 142 valence electrons. The van der Waals surface area contributed by atoms with E-state index in [1.54, 1.807) is 0 Å². The number of rotatable bonds is 6. The minimum Gasteiger partial charge on any atom is -0.493 e. The lowest BCUT2D eigenvalue weighted by molar-refractivity contribution is 0.318. The molecule has 1 aliphatic heterocycles. The van der Waals surface area contributed by atoms with Gasteiger partial charge in [0.2, 0.25) is 5.95 Å². The number of para-hydroxylation sites is 1. The van der Waals surface area contributed by atoms with Crippen molar-refractivity contribution < 1.29 is 9.15 Å². The molecule has 1 fully saturated rings. The number of H-pyrrole nitrogens is 1. The van der Waals surface area contributed by atoms with E-state index in [0.29, 0.717) is 24.4 Å². The average Bonchev–Trinajstić information content (AvgIpc) is 3.36. The monoisotopic (exact) mass is 369 g/mol. The van der Waals surface area contributed by atoms with Crippen LogP contribution in [-0.4, -0.2) is 45.1 Å². The van der Waals surface area contributed by atoms with Crippen molar-refractivity contribution in [1.82, 2.24) is 25.4 Å². The summed E-state index contributed by atoms with van der Waals surface area (Å²) in [6.45, 7) is 4.34. The number of nitrogens with zero attached hydrogens (tertiary/aromatic N) is 5. The second-order valence-corrected chi connectivity index (χ2v) is 6.57. The zero-order chi connectivity index (χ0) is 18.6. The maximum atomic E-state index is 5.94. The van der Waals surface area contributed by atoms with Crippen LogP contribution in [0.5, 0.6) is 5.75 Å². The smallest absolute Gasteiger partial charge is 0.318 e. The molecule has 0 atom stereocenters. The molecule has 0 aliphatic carbocycles. The number of ether oxygens (including phenoxy) is 1. The molecule has 0 saturated carbocycles. The number of piperidine rings is 1. The molecule has 2 aromatic heterocycles. The van der Waals surface area contributed by atoms with Crippen molar-refractivity contribution in [2.45, 2.75) is 32.1 Å². The van der Waals surface area contributed by atoms with Crippen LogP contribution in [0.1, 0.15) is 37.9 Å². The minimum atomic E-state index is 0.290. The van der Waals surface area contributed by atoms with E-state index in [4.69, 9.17) is 14.9 Å². The number of hydrogen-bond donors (Lipinski definition) is 2. The fraction of sp³-hybridized carbons (Fsp3) is 0.444. The van der Waals surface area contributed by atoms with Gasteiger partial charge in [-0.05, 0) is 31.4 Å². The van der Waals surface area contributed by atoms with Crippen molar-refractivity contribution in [3.63, 3.8) is 0 Å². The number of nitrogens with one attached hydrogen (secondary N) is 1. The molecule has 9 heteroatoms. The van der Waals surface area contributed by atoms with Crippen molar-refractivity contribution in [3.8, 4) is 17.2 Å². The Bertz CT molecular complexity index is 883. The summed E-state index contributed by atoms with van der Waals surface area (Å²) in [6, 6.07) is 8.26. The molecule has 0 amide bonds. The van der Waals surface area contributed by atoms with Gasteiger partial charge in [0.1, 0.15) is 11.6 Å². The van der Waals surface area contributed by atoms with Gasteiger partial charge in [-0.2, -0.15) is 4.98 Å². The Labute approximate surface area is 156 Å². The zero-order valence-electron chi connectivity index (χ0n) is 15.3. The van der Waals surface area contributed by atoms with Gasteiger partial charge < -0.3 is 19.8 Å². The fourth-order valence-electron chi connectivity index (χ4n) is 3.25. The summed E-state index contributed by atoms with van der Waals surface area (Å²) in [7, 11) is 0. The van der Waals surface area contributed by atoms with Gasteiger partial charge in [-0.1, -0.05) is 24.2 Å². The fourth-order valence-corrected chi connectivity index (χ4v) is 3.25. The molecular weight excluding hydrogens is 346 g/mol. The van der Waals surface area contributed by atoms with Gasteiger partial charge in [-0.25, -0.2) is 0 Å². The summed E-state index contributed by atoms with van der Waals surface area (Å²) in [4.78, 5) is 6.34. The van der Waals surface area contributed by atoms with E-state index >= 15 is 0 Å². The molecule has 27 heavy (non-hydrogen) atoms. The van der Waals surface area contributed by atoms with Gasteiger partial charge >= 0.3 is 6.01 Å². The Morgan fingerprint density at radius 3 is 2.81 bits per heavy atom. The highest BCUT2D eigenvalue weighted by atomic mass is 16.5. The third kappa shape index (κ3) is 3.71. The first-order chi connectivity index (χ1) is 13.2. The molecule has 4 rings (SSSR count). The first-order valence-electron chi connectivity index (χ1n) is 9.23. The minimum absolute atomic E-state index is 0.290. The van der Waals surface area contributed by atoms with Crippen LogP contribution in [0.4, 0.5) is 12.0 Å². The van der Waals surface area contributed by atoms with Gasteiger partial charge in [0, 0.05) is 19.0 Å². The summed E-state index contributed by atoms with van der Waals surface area (Å²) in [5.41, 5.74) is 6.41. The van der Waals surface area contributed by atoms with Crippen LogP contribution in [0.25, 0.3) is 11.5 Å². The lowest BCUT2D eigenvalue weighted by Crippen LogP contribution is -2.33. The Hall–Kier alpha value is -3.10. The van der Waals surface area contributed by atoms with E-state index in [9.17, 15) is 0 Å². The maximum absolute atomic E-state index is 5.94. The van der Waals surface area contributed by atoms with Crippen LogP contribution >= 0.6 is 0 Å². The summed E-state index contributed by atoms with van der Waals surface area (Å²) in [5.74, 6) is 2.69. The topological polar surface area (TPSA) is 119 Å². The summed E-state index contributed by atoms with van der Waals surface area (Å²) in [6.07, 6.45) is 2.78. The first-order valence-corrected chi connectivity index (χ1v) is 9.23. The van der Waals surface area contributed by atoms with Crippen molar-refractivity contribution in [2.24, 2.45) is 0 Å². The highest BCUT2D eigenvalue weighted by molar-refractivity contribution is 5.62. The molecule has 0 unspecified atom stereocenters. The molecule has 3 aromatic rings. The van der Waals surface area contributed by atoms with Gasteiger partial charge in [0.05, 0.1) is 12.2 Å². The van der Waals surface area contributed by atoms with Crippen LogP contribution in [0.2, 0.25) is 0 Å². The molecule has 1 aliphatic rings. The van der Waals surface area contributed by atoms with Crippen molar-refractivity contribution in [3.05, 3.63) is 30.1 Å². The molecule has 1 saturated heterocycles. The van der Waals surface area contributed by atoms with Crippen molar-refractivity contribution in [1.29, 1.82) is 0 Å². The van der Waals surface area contributed by atoms with E-state index < -0.39 is 0 Å². The first kappa shape index (κ1) is 17.3. The molecule has 0 radical (unpaired) electrons. The third-order valence-electron chi connectivity index (χ3n) is 4.67. The predicted molar refractivity (Wildman–Crippen MR) is 101 cm³/mol. The zero-order valence-corrected chi connectivity index (χ0v) is 15.3. The van der Waals surface area contributed by atoms with Gasteiger partial charge in [0.15, 0.2) is 0 Å². The molecular formula is C18H23N7O2. The van der Waals surface area contributed by atoms with Gasteiger partial charge in [-0.15, -0.1) is 10.2 Å². The second-order valence-electron chi connectivity index (χ2n) is 6.57. The largest absolute Gasteiger partial charge is 0.493 e. The van der Waals surface area contributed by atoms with E-state index in [-0.39, 0.29) is 5.95 Å². The highest BCUT2D eigenvalue weighted by Gasteiger charge is 2.26. The number of benzene rings is 1. The number of nitrogen functional groups attached to an aromatic ring is 1. The predicted octanol–water partition coefficient (Wildman–Crippen LogP) is 2.61. The normalized spacial score (nSPS) is 15.2. The van der Waals surface area contributed by atoms with E-state index in [1.165, 1.54) is 0 Å². The number of hydrogen-bond acceptors (Lipinski definition) is 8. The van der Waals surface area contributed by atoms with Crippen LogP contribution in [0, 0.1) is 0 Å². The molecule has 9 nitrogen and oxygen atoms in total. The number of aromatic amines is 1. The second kappa shape index (κ2) is 7.65. The standard InChI is InChI=1S/C18H23N7O2/c1-2-11-26-14-6-4-3-5-13(14)16-22-24-18(27-16)25-9-7-12(8-10-25)15-20-17(19)23-21-15/h3-6,12H,2,7-11H2,1H3,(H3,19,20,21,23). The SMILES string of the molecule is CCCOc1ccccc1-c1nnc(N2CCC(c3nc(N)n[nH]3)CC2)o1. The van der Waals surface area contributed by atoms with Gasteiger partial charge in [-0.3, -0.25) is 5.10 Å². The maximum Gasteiger partial charge on any atom is 0.318 e. The van der Waals surface area contributed by atoms with E-state index in [1.807, 2.05) is 24.3 Å². The summed E-state index contributed by atoms with van der Waals surface area (Å²) in [5, 5.41) is 15.3. The van der Waals surface area contributed by atoms with Crippen LogP contribution in [0.3, 0.4) is 0 Å². The van der Waals surface area contributed by atoms with Crippen LogP contribution in [0.15, 0.2) is 28.7 Å². The van der Waals surface area contributed by atoms with E-state index in [2.05, 4.69) is 37.2 Å². The molecule has 0 spiro atoms. The van der Waals surface area contributed by atoms with E-state index in [0.717, 1.165) is 49.5 Å². The number of aromatic nitrogens is 5. The lowest BCUT2D eigenvalue weighted by Gasteiger charge is -2.29. The Morgan fingerprint density at radius 2 is 2.07 bits per heavy atom. The van der Waals surface area contributed by atoms with Crippen LogP contribution < -0.4 is 15.4 Å². The number of anilines is 2. The quantitative estimate of drug-likeness (QED) is 0.680. The van der Waals surface area contributed by atoms with Crippen molar-refractivity contribution in [2.75, 3.05) is 30.3 Å². The molecule has 1 aromatic carbocycles. The molecule has 3 N–H and O–H groups in total. The third-order valence-corrected chi connectivity index (χ3v) is 4.67.